The molecule has 0 unspecified atom stereocenters. The number of anilines is 1. The van der Waals surface area contributed by atoms with Crippen molar-refractivity contribution in [2.75, 3.05) is 18.4 Å². The second kappa shape index (κ2) is 10.00. The van der Waals surface area contributed by atoms with Crippen molar-refractivity contribution in [3.05, 3.63) is 64.7 Å². The molecule has 2 heterocycles. The number of fused-ring (bicyclic) bond motifs is 1. The van der Waals surface area contributed by atoms with Gasteiger partial charge in [0.25, 0.3) is 15.9 Å². The molecule has 4 rings (SSSR count). The summed E-state index contributed by atoms with van der Waals surface area (Å²) < 4.78 is 78.3. The van der Waals surface area contributed by atoms with Crippen LogP contribution in [-0.4, -0.2) is 43.2 Å². The van der Waals surface area contributed by atoms with E-state index in [2.05, 4.69) is 26.4 Å². The average molecular weight is 550 g/mol. The van der Waals surface area contributed by atoms with Crippen LogP contribution in [0.3, 0.4) is 0 Å². The normalized spacial score (nSPS) is 11.2. The molecule has 2 aromatic carbocycles. The maximum absolute atomic E-state index is 15.5. The second-order valence-corrected chi connectivity index (χ2v) is 9.45. The predicted molar refractivity (Wildman–Crippen MR) is 129 cm³/mol. The Morgan fingerprint density at radius 1 is 1.22 bits per heavy atom. The second-order valence-electron chi connectivity index (χ2n) is 7.36. The van der Waals surface area contributed by atoms with Gasteiger partial charge in [-0.3, -0.25) is 14.6 Å². The molecule has 9 nitrogen and oxygen atoms in total. The van der Waals surface area contributed by atoms with Gasteiger partial charge in [0.15, 0.2) is 16.5 Å². The highest BCUT2D eigenvalue weighted by atomic mass is 35.5. The number of carbonyl (C=O) groups excluding carboxylic acids is 1. The molecule has 0 saturated carbocycles. The molecule has 0 radical (unpaired) electrons. The van der Waals surface area contributed by atoms with Gasteiger partial charge in [-0.25, -0.2) is 26.6 Å². The number of hydrogen-bond donors (Lipinski definition) is 3. The highest BCUT2D eigenvalue weighted by Gasteiger charge is 2.27. The molecule has 37 heavy (non-hydrogen) atoms. The summed E-state index contributed by atoms with van der Waals surface area (Å²) in [4.78, 5) is 15.5. The predicted octanol–water partition coefficient (Wildman–Crippen LogP) is 3.87. The van der Waals surface area contributed by atoms with Crippen LogP contribution in [-0.2, 0) is 10.0 Å². The smallest absolute Gasteiger partial charge is 0.270 e. The van der Waals surface area contributed by atoms with Crippen LogP contribution in [0.15, 0.2) is 41.4 Å². The van der Waals surface area contributed by atoms with Crippen molar-refractivity contribution in [3.8, 4) is 29.4 Å². The van der Waals surface area contributed by atoms with E-state index in [9.17, 15) is 17.6 Å². The van der Waals surface area contributed by atoms with Gasteiger partial charge in [-0.05, 0) is 24.3 Å². The van der Waals surface area contributed by atoms with Gasteiger partial charge in [0.05, 0.1) is 29.9 Å². The van der Waals surface area contributed by atoms with Gasteiger partial charge in [-0.15, -0.1) is 6.42 Å². The number of terminal acetylenes is 1. The topological polar surface area (TPSA) is 126 Å². The number of nitrogens with one attached hydrogen (secondary N) is 3. The van der Waals surface area contributed by atoms with Crippen molar-refractivity contribution in [1.29, 1.82) is 0 Å². The standard InChI is InChI=1S/C23H15ClF3N5O4S/c1-3-8-28-22(33)21-13-5-4-12(18(26)20(13)30-31-21)17-14(25)6-7-15(19(17)27)32-37(34,35)16-9-11(24)10-29-23(16)36-2/h1,4-7,9-10,32H,8H2,2H3,(H,28,33)(H,30,31). The number of rotatable bonds is 7. The van der Waals surface area contributed by atoms with E-state index in [0.717, 1.165) is 30.5 Å². The zero-order valence-electron chi connectivity index (χ0n) is 18.7. The lowest BCUT2D eigenvalue weighted by Crippen LogP contribution is -2.24. The zero-order valence-corrected chi connectivity index (χ0v) is 20.3. The van der Waals surface area contributed by atoms with Crippen LogP contribution in [0.4, 0.5) is 18.9 Å². The van der Waals surface area contributed by atoms with Gasteiger partial charge >= 0.3 is 0 Å². The maximum Gasteiger partial charge on any atom is 0.270 e. The van der Waals surface area contributed by atoms with E-state index >= 15 is 8.78 Å². The Morgan fingerprint density at radius 2 is 1.97 bits per heavy atom. The number of sulfonamides is 1. The van der Waals surface area contributed by atoms with Crippen molar-refractivity contribution >= 4 is 44.1 Å². The first-order valence-electron chi connectivity index (χ1n) is 10.2. The number of aromatic nitrogens is 3. The number of halogens is 4. The van der Waals surface area contributed by atoms with Gasteiger partial charge in [-0.1, -0.05) is 23.6 Å². The van der Waals surface area contributed by atoms with Crippen LogP contribution in [0, 0.1) is 29.8 Å². The molecule has 0 saturated heterocycles. The first-order chi connectivity index (χ1) is 17.6. The highest BCUT2D eigenvalue weighted by molar-refractivity contribution is 7.92. The molecular formula is C23H15ClF3N5O4S. The first kappa shape index (κ1) is 25.8. The molecular weight excluding hydrogens is 535 g/mol. The summed E-state index contributed by atoms with van der Waals surface area (Å²) in [5, 5.41) is 8.50. The number of benzene rings is 2. The van der Waals surface area contributed by atoms with Crippen molar-refractivity contribution in [1.82, 2.24) is 20.5 Å². The SMILES string of the molecule is C#CCNC(=O)c1[nH]nc2c(F)c(-c3c(F)ccc(NS(=O)(=O)c4cc(Cl)cnc4OC)c3F)ccc12. The number of aromatic amines is 1. The van der Waals surface area contributed by atoms with E-state index < -0.39 is 55.1 Å². The maximum atomic E-state index is 15.5. The summed E-state index contributed by atoms with van der Waals surface area (Å²) in [6, 6.07) is 4.89. The molecule has 0 bridgehead atoms. The number of ether oxygens (including phenoxy) is 1. The fourth-order valence-corrected chi connectivity index (χ4v) is 4.89. The Morgan fingerprint density at radius 3 is 2.68 bits per heavy atom. The first-order valence-corrected chi connectivity index (χ1v) is 12.0. The molecule has 4 aromatic rings. The lowest BCUT2D eigenvalue weighted by atomic mass is 10.0. The third kappa shape index (κ3) is 4.76. The summed E-state index contributed by atoms with van der Waals surface area (Å²) >= 11 is 5.83. The van der Waals surface area contributed by atoms with Crippen LogP contribution >= 0.6 is 11.6 Å². The number of methoxy groups -OCH3 is 1. The van der Waals surface area contributed by atoms with E-state index in [1.165, 1.54) is 13.2 Å². The molecule has 3 N–H and O–H groups in total. The Balaban J connectivity index is 1.78. The Kier molecular flexibility index (Phi) is 6.97. The number of amides is 1. The summed E-state index contributed by atoms with van der Waals surface area (Å²) in [6.07, 6.45) is 6.25. The number of carbonyl (C=O) groups is 1. The Hall–Kier alpha value is -4.28. The summed E-state index contributed by atoms with van der Waals surface area (Å²) in [5.74, 6) is -2.50. The van der Waals surface area contributed by atoms with Crippen LogP contribution in [0.5, 0.6) is 5.88 Å². The van der Waals surface area contributed by atoms with Crippen LogP contribution < -0.4 is 14.8 Å². The average Bonchev–Trinajstić information content (AvgIpc) is 3.31. The fraction of sp³-hybridized carbons (Fsp3) is 0.0870. The summed E-state index contributed by atoms with van der Waals surface area (Å²) in [5.41, 5.74) is -2.59. The Labute approximate surface area is 213 Å². The van der Waals surface area contributed by atoms with E-state index in [1.54, 1.807) is 0 Å². The molecule has 0 aliphatic heterocycles. The molecule has 0 spiro atoms. The van der Waals surface area contributed by atoms with Crippen molar-refractivity contribution < 1.29 is 31.1 Å². The number of pyridine rings is 1. The fourth-order valence-electron chi connectivity index (χ4n) is 3.47. The lowest BCUT2D eigenvalue weighted by molar-refractivity contribution is 0.0955. The molecule has 0 atom stereocenters. The van der Waals surface area contributed by atoms with Crippen molar-refractivity contribution in [3.63, 3.8) is 0 Å². The molecule has 190 valence electrons. The lowest BCUT2D eigenvalue weighted by Gasteiger charge is -2.14. The van der Waals surface area contributed by atoms with Crippen molar-refractivity contribution in [2.24, 2.45) is 0 Å². The molecule has 0 aliphatic carbocycles. The van der Waals surface area contributed by atoms with E-state index in [1.807, 2.05) is 4.72 Å². The third-order valence-electron chi connectivity index (χ3n) is 5.12. The third-order valence-corrected chi connectivity index (χ3v) is 6.68. The number of hydrogen-bond acceptors (Lipinski definition) is 6. The summed E-state index contributed by atoms with van der Waals surface area (Å²) in [6.45, 7) is -0.0871. The highest BCUT2D eigenvalue weighted by Crippen LogP contribution is 2.36. The van der Waals surface area contributed by atoms with Gasteiger partial charge < -0.3 is 10.1 Å². The van der Waals surface area contributed by atoms with E-state index in [-0.39, 0.29) is 34.0 Å². The number of nitrogens with zero attached hydrogens (tertiary/aromatic N) is 2. The largest absolute Gasteiger partial charge is 0.480 e. The minimum atomic E-state index is -4.53. The minimum absolute atomic E-state index is 0.0361. The van der Waals surface area contributed by atoms with Gasteiger partial charge in [0, 0.05) is 17.1 Å². The number of H-pyrrole nitrogens is 1. The molecule has 14 heteroatoms. The molecule has 2 aromatic heterocycles. The van der Waals surface area contributed by atoms with E-state index in [0.29, 0.717) is 0 Å². The van der Waals surface area contributed by atoms with Crippen LogP contribution in [0.1, 0.15) is 10.5 Å². The zero-order chi connectivity index (χ0) is 26.9. The summed E-state index contributed by atoms with van der Waals surface area (Å²) in [7, 11) is -3.35. The van der Waals surface area contributed by atoms with Gasteiger partial charge in [0.2, 0.25) is 5.88 Å². The molecule has 0 fully saturated rings. The molecule has 0 aliphatic rings. The van der Waals surface area contributed by atoms with E-state index in [4.69, 9.17) is 22.8 Å². The minimum Gasteiger partial charge on any atom is -0.480 e. The monoisotopic (exact) mass is 549 g/mol. The quantitative estimate of drug-likeness (QED) is 0.301. The van der Waals surface area contributed by atoms with Gasteiger partial charge in [-0.2, -0.15) is 5.10 Å². The van der Waals surface area contributed by atoms with Crippen molar-refractivity contribution in [2.45, 2.75) is 4.90 Å². The van der Waals surface area contributed by atoms with Gasteiger partial charge in [0.1, 0.15) is 17.0 Å². The Bertz CT molecular complexity index is 1700. The van der Waals surface area contributed by atoms with Crippen LogP contribution in [0.25, 0.3) is 22.0 Å². The molecule has 1 amide bonds. The van der Waals surface area contributed by atoms with Crippen LogP contribution in [0.2, 0.25) is 5.02 Å².